The molecule has 4 nitrogen and oxygen atoms in total. The number of nitrogens with one attached hydrogen (secondary N) is 2. The summed E-state index contributed by atoms with van der Waals surface area (Å²) in [5, 5.41) is 5.68. The highest BCUT2D eigenvalue weighted by Gasteiger charge is 2.12. The number of carbonyl (C=O) groups is 1. The molecule has 0 bridgehead atoms. The van der Waals surface area contributed by atoms with Crippen molar-refractivity contribution in [1.29, 1.82) is 0 Å². The van der Waals surface area contributed by atoms with E-state index < -0.39 is 0 Å². The summed E-state index contributed by atoms with van der Waals surface area (Å²) in [7, 11) is 0. The summed E-state index contributed by atoms with van der Waals surface area (Å²) in [6, 6.07) is 11.2. The molecule has 0 fully saturated rings. The molecule has 0 aliphatic heterocycles. The highest BCUT2D eigenvalue weighted by atomic mass is 16.3. The Morgan fingerprint density at radius 2 is 2.10 bits per heavy atom. The predicted octanol–water partition coefficient (Wildman–Crippen LogP) is 4.03. The SMILES string of the molecule is CCc1cccc(NC(=O)NC(C)c2ccc(C)o2)c1. The molecule has 0 saturated heterocycles. The monoisotopic (exact) mass is 272 g/mol. The van der Waals surface area contributed by atoms with Gasteiger partial charge in [0.25, 0.3) is 0 Å². The minimum absolute atomic E-state index is 0.168. The largest absolute Gasteiger partial charge is 0.464 e. The van der Waals surface area contributed by atoms with Crippen LogP contribution in [0.1, 0.15) is 37.0 Å². The van der Waals surface area contributed by atoms with Crippen molar-refractivity contribution < 1.29 is 9.21 Å². The molecule has 2 aromatic rings. The van der Waals surface area contributed by atoms with E-state index in [1.165, 1.54) is 5.56 Å². The Kier molecular flexibility index (Phi) is 4.45. The molecule has 2 rings (SSSR count). The molecule has 1 atom stereocenters. The Labute approximate surface area is 119 Å². The Balaban J connectivity index is 1.95. The molecule has 20 heavy (non-hydrogen) atoms. The van der Waals surface area contributed by atoms with Gasteiger partial charge in [-0.2, -0.15) is 0 Å². The van der Waals surface area contributed by atoms with Gasteiger partial charge in [-0.05, 0) is 50.1 Å². The summed E-state index contributed by atoms with van der Waals surface area (Å²) in [6.45, 7) is 5.85. The minimum atomic E-state index is -0.236. The van der Waals surface area contributed by atoms with E-state index in [-0.39, 0.29) is 12.1 Å². The molecule has 0 radical (unpaired) electrons. The number of amides is 2. The van der Waals surface area contributed by atoms with Crippen molar-refractivity contribution in [3.8, 4) is 0 Å². The number of anilines is 1. The highest BCUT2D eigenvalue weighted by Crippen LogP contribution is 2.16. The molecular weight excluding hydrogens is 252 g/mol. The van der Waals surface area contributed by atoms with Gasteiger partial charge in [0, 0.05) is 5.69 Å². The van der Waals surface area contributed by atoms with Crippen molar-refractivity contribution in [2.45, 2.75) is 33.2 Å². The number of hydrogen-bond donors (Lipinski definition) is 2. The standard InChI is InChI=1S/C16H20N2O2/c1-4-13-6-5-7-14(10-13)18-16(19)17-12(3)15-9-8-11(2)20-15/h5-10,12H,4H2,1-3H3,(H2,17,18,19). The molecule has 0 aliphatic rings. The van der Waals surface area contributed by atoms with E-state index in [0.717, 1.165) is 23.6 Å². The van der Waals surface area contributed by atoms with Gasteiger partial charge in [0.1, 0.15) is 11.5 Å². The molecule has 0 aliphatic carbocycles. The molecular formula is C16H20N2O2. The number of carbonyl (C=O) groups excluding carboxylic acids is 1. The zero-order valence-electron chi connectivity index (χ0n) is 12.1. The van der Waals surface area contributed by atoms with Crippen molar-refractivity contribution in [1.82, 2.24) is 5.32 Å². The van der Waals surface area contributed by atoms with E-state index in [9.17, 15) is 4.79 Å². The second-order valence-corrected chi connectivity index (χ2v) is 4.82. The van der Waals surface area contributed by atoms with E-state index >= 15 is 0 Å². The van der Waals surface area contributed by atoms with Gasteiger partial charge in [-0.15, -0.1) is 0 Å². The normalized spacial score (nSPS) is 11.9. The maximum absolute atomic E-state index is 11.9. The number of furan rings is 1. The smallest absolute Gasteiger partial charge is 0.319 e. The molecule has 2 N–H and O–H groups in total. The van der Waals surface area contributed by atoms with Gasteiger partial charge >= 0.3 is 6.03 Å². The fourth-order valence-corrected chi connectivity index (χ4v) is 1.99. The second kappa shape index (κ2) is 6.28. The van der Waals surface area contributed by atoms with Gasteiger partial charge in [0.05, 0.1) is 6.04 Å². The van der Waals surface area contributed by atoms with Crippen molar-refractivity contribution in [3.63, 3.8) is 0 Å². The zero-order valence-corrected chi connectivity index (χ0v) is 12.1. The lowest BCUT2D eigenvalue weighted by atomic mass is 10.1. The van der Waals surface area contributed by atoms with Crippen LogP contribution in [0, 0.1) is 6.92 Å². The van der Waals surface area contributed by atoms with Crippen LogP contribution in [0.4, 0.5) is 10.5 Å². The molecule has 1 unspecified atom stereocenters. The summed E-state index contributed by atoms with van der Waals surface area (Å²) in [5.41, 5.74) is 1.99. The van der Waals surface area contributed by atoms with E-state index in [4.69, 9.17) is 4.42 Å². The summed E-state index contributed by atoms with van der Waals surface area (Å²) in [4.78, 5) is 11.9. The Bertz CT molecular complexity index is 590. The third-order valence-corrected chi connectivity index (χ3v) is 3.13. The Hall–Kier alpha value is -2.23. The Morgan fingerprint density at radius 3 is 2.75 bits per heavy atom. The fourth-order valence-electron chi connectivity index (χ4n) is 1.99. The lowest BCUT2D eigenvalue weighted by Crippen LogP contribution is -2.30. The van der Waals surface area contributed by atoms with Gasteiger partial charge in [-0.25, -0.2) is 4.79 Å². The predicted molar refractivity (Wildman–Crippen MR) is 79.8 cm³/mol. The highest BCUT2D eigenvalue weighted by molar-refractivity contribution is 5.89. The number of rotatable bonds is 4. The number of hydrogen-bond acceptors (Lipinski definition) is 2. The average molecular weight is 272 g/mol. The third-order valence-electron chi connectivity index (χ3n) is 3.13. The first kappa shape index (κ1) is 14.2. The van der Waals surface area contributed by atoms with Crippen LogP contribution in [0.15, 0.2) is 40.8 Å². The maximum atomic E-state index is 11.9. The number of aryl methyl sites for hydroxylation is 2. The quantitative estimate of drug-likeness (QED) is 0.882. The van der Waals surface area contributed by atoms with Crippen LogP contribution < -0.4 is 10.6 Å². The van der Waals surface area contributed by atoms with Crippen LogP contribution in [0.3, 0.4) is 0 Å². The molecule has 1 aromatic heterocycles. The number of urea groups is 1. The average Bonchev–Trinajstić information content (AvgIpc) is 2.85. The molecule has 1 heterocycles. The Morgan fingerprint density at radius 1 is 1.30 bits per heavy atom. The molecule has 2 amide bonds. The first-order chi connectivity index (χ1) is 9.58. The van der Waals surface area contributed by atoms with Gasteiger partial charge in [0.15, 0.2) is 0 Å². The summed E-state index contributed by atoms with van der Waals surface area (Å²) in [6.07, 6.45) is 0.944. The molecule has 0 saturated carbocycles. The van der Waals surface area contributed by atoms with Crippen molar-refractivity contribution in [2.75, 3.05) is 5.32 Å². The van der Waals surface area contributed by atoms with Crippen LogP contribution in [0.25, 0.3) is 0 Å². The van der Waals surface area contributed by atoms with Crippen LogP contribution in [0.5, 0.6) is 0 Å². The van der Waals surface area contributed by atoms with Gasteiger partial charge < -0.3 is 15.1 Å². The van der Waals surface area contributed by atoms with E-state index in [0.29, 0.717) is 0 Å². The minimum Gasteiger partial charge on any atom is -0.464 e. The van der Waals surface area contributed by atoms with Crippen LogP contribution in [-0.2, 0) is 6.42 Å². The first-order valence-electron chi connectivity index (χ1n) is 6.81. The van der Waals surface area contributed by atoms with Crippen LogP contribution in [-0.4, -0.2) is 6.03 Å². The lowest BCUT2D eigenvalue weighted by molar-refractivity contribution is 0.247. The topological polar surface area (TPSA) is 54.3 Å². The van der Waals surface area contributed by atoms with Crippen molar-refractivity contribution in [3.05, 3.63) is 53.5 Å². The van der Waals surface area contributed by atoms with Crippen LogP contribution in [0.2, 0.25) is 0 Å². The van der Waals surface area contributed by atoms with E-state index in [2.05, 4.69) is 17.6 Å². The van der Waals surface area contributed by atoms with Crippen molar-refractivity contribution in [2.24, 2.45) is 0 Å². The van der Waals surface area contributed by atoms with E-state index in [1.54, 1.807) is 0 Å². The summed E-state index contributed by atoms with van der Waals surface area (Å²) < 4.78 is 5.49. The van der Waals surface area contributed by atoms with Crippen molar-refractivity contribution >= 4 is 11.7 Å². The fraction of sp³-hybridized carbons (Fsp3) is 0.312. The molecule has 106 valence electrons. The molecule has 0 spiro atoms. The first-order valence-corrected chi connectivity index (χ1v) is 6.81. The van der Waals surface area contributed by atoms with Gasteiger partial charge in [-0.3, -0.25) is 0 Å². The van der Waals surface area contributed by atoms with Gasteiger partial charge in [-0.1, -0.05) is 19.1 Å². The molecule has 1 aromatic carbocycles. The summed E-state index contributed by atoms with van der Waals surface area (Å²) in [5.74, 6) is 1.59. The second-order valence-electron chi connectivity index (χ2n) is 4.82. The summed E-state index contributed by atoms with van der Waals surface area (Å²) >= 11 is 0. The third kappa shape index (κ3) is 3.63. The van der Waals surface area contributed by atoms with Crippen LogP contribution >= 0.6 is 0 Å². The zero-order chi connectivity index (χ0) is 14.5. The number of benzene rings is 1. The van der Waals surface area contributed by atoms with Gasteiger partial charge in [0.2, 0.25) is 0 Å². The maximum Gasteiger partial charge on any atom is 0.319 e. The van der Waals surface area contributed by atoms with E-state index in [1.807, 2.05) is 50.2 Å². The molecule has 4 heteroatoms. The lowest BCUT2D eigenvalue weighted by Gasteiger charge is -2.13.